The highest BCUT2D eigenvalue weighted by Crippen LogP contribution is 2.26. The predicted octanol–water partition coefficient (Wildman–Crippen LogP) is 2.95. The van der Waals surface area contributed by atoms with Gasteiger partial charge in [-0.05, 0) is 31.2 Å². The van der Waals surface area contributed by atoms with Crippen LogP contribution in [-0.2, 0) is 6.54 Å². The van der Waals surface area contributed by atoms with Crippen LogP contribution in [0.3, 0.4) is 0 Å². The fraction of sp³-hybridized carbons (Fsp3) is 0.667. The van der Waals surface area contributed by atoms with Crippen LogP contribution in [0.4, 0.5) is 5.82 Å². The van der Waals surface area contributed by atoms with E-state index in [1.54, 1.807) is 0 Å². The van der Waals surface area contributed by atoms with E-state index in [-0.39, 0.29) is 0 Å². The zero-order valence-electron chi connectivity index (χ0n) is 11.4. The van der Waals surface area contributed by atoms with E-state index in [9.17, 15) is 0 Å². The van der Waals surface area contributed by atoms with Crippen LogP contribution >= 0.6 is 0 Å². The molecular weight excluding hydrogens is 222 g/mol. The first-order valence-corrected chi connectivity index (χ1v) is 7.24. The molecule has 2 rings (SSSR count). The molecule has 0 aromatic carbocycles. The maximum Gasteiger partial charge on any atom is 0.132 e. The molecule has 0 spiro atoms. The number of nitrogens with zero attached hydrogens (tertiary/aromatic N) is 2. The van der Waals surface area contributed by atoms with Gasteiger partial charge in [0.25, 0.3) is 0 Å². The van der Waals surface area contributed by atoms with Crippen LogP contribution in [0.5, 0.6) is 0 Å². The quantitative estimate of drug-likeness (QED) is 0.889. The molecule has 0 aliphatic carbocycles. The van der Waals surface area contributed by atoms with Crippen molar-refractivity contribution in [3.05, 3.63) is 23.9 Å². The number of hydrogen-bond acceptors (Lipinski definition) is 3. The first kappa shape index (κ1) is 13.3. The Morgan fingerprint density at radius 1 is 1.39 bits per heavy atom. The van der Waals surface area contributed by atoms with Crippen molar-refractivity contribution in [2.75, 3.05) is 18.0 Å². The average molecular weight is 247 g/mol. The number of nitrogens with two attached hydrogens (primary N) is 1. The topological polar surface area (TPSA) is 42.2 Å². The number of hydrogen-bond donors (Lipinski definition) is 1. The lowest BCUT2D eigenvalue weighted by molar-refractivity contribution is 0.435. The third-order valence-electron chi connectivity index (χ3n) is 3.93. The van der Waals surface area contributed by atoms with Gasteiger partial charge in [-0.3, -0.25) is 0 Å². The van der Waals surface area contributed by atoms with Crippen molar-refractivity contribution in [2.24, 2.45) is 11.7 Å². The summed E-state index contributed by atoms with van der Waals surface area (Å²) in [5, 5.41) is 0. The Kier molecular flexibility index (Phi) is 5.00. The van der Waals surface area contributed by atoms with Gasteiger partial charge in [0.2, 0.25) is 0 Å². The highest BCUT2D eigenvalue weighted by molar-refractivity contribution is 5.46. The van der Waals surface area contributed by atoms with Gasteiger partial charge < -0.3 is 10.6 Å². The Bertz CT molecular complexity index is 365. The zero-order chi connectivity index (χ0) is 12.8. The van der Waals surface area contributed by atoms with E-state index in [1.807, 2.05) is 12.3 Å². The molecule has 2 N–H and O–H groups in total. The second kappa shape index (κ2) is 6.74. The molecular formula is C15H25N3. The average Bonchev–Trinajstić information content (AvgIpc) is 2.65. The van der Waals surface area contributed by atoms with Crippen LogP contribution in [0, 0.1) is 5.92 Å². The lowest BCUT2D eigenvalue weighted by Crippen LogP contribution is -2.26. The number of aromatic nitrogens is 1. The van der Waals surface area contributed by atoms with Crippen LogP contribution in [0.1, 0.15) is 44.6 Å². The summed E-state index contributed by atoms with van der Waals surface area (Å²) in [4.78, 5) is 6.96. The van der Waals surface area contributed by atoms with E-state index in [0.29, 0.717) is 6.54 Å². The second-order valence-corrected chi connectivity index (χ2v) is 5.26. The highest BCUT2D eigenvalue weighted by Gasteiger charge is 2.18. The molecule has 0 amide bonds. The predicted molar refractivity (Wildman–Crippen MR) is 76.6 cm³/mol. The monoisotopic (exact) mass is 247 g/mol. The highest BCUT2D eigenvalue weighted by atomic mass is 15.2. The Morgan fingerprint density at radius 2 is 2.28 bits per heavy atom. The van der Waals surface area contributed by atoms with Gasteiger partial charge in [0.1, 0.15) is 5.82 Å². The Hall–Kier alpha value is -1.09. The molecule has 0 radical (unpaired) electrons. The molecule has 100 valence electrons. The van der Waals surface area contributed by atoms with Gasteiger partial charge in [0.05, 0.1) is 0 Å². The molecule has 1 aromatic rings. The third kappa shape index (κ3) is 3.22. The fourth-order valence-electron chi connectivity index (χ4n) is 2.95. The molecule has 3 nitrogen and oxygen atoms in total. The Morgan fingerprint density at radius 3 is 3.06 bits per heavy atom. The standard InChI is InChI=1S/C15H25N3/c1-2-5-13-6-4-10-18(11-8-13)15-14(12-16)7-3-9-17-15/h3,7,9,13H,2,4-6,8,10-12,16H2,1H3. The molecule has 1 aliphatic rings. The van der Waals surface area contributed by atoms with Crippen molar-refractivity contribution in [2.45, 2.75) is 45.6 Å². The molecule has 1 atom stereocenters. The van der Waals surface area contributed by atoms with E-state index in [2.05, 4.69) is 22.9 Å². The van der Waals surface area contributed by atoms with Crippen molar-refractivity contribution in [3.8, 4) is 0 Å². The van der Waals surface area contributed by atoms with E-state index in [1.165, 1.54) is 37.7 Å². The molecule has 1 fully saturated rings. The minimum Gasteiger partial charge on any atom is -0.356 e. The van der Waals surface area contributed by atoms with E-state index in [4.69, 9.17) is 5.73 Å². The molecule has 18 heavy (non-hydrogen) atoms. The molecule has 3 heteroatoms. The molecule has 0 bridgehead atoms. The SMILES string of the molecule is CCCC1CCCN(c2ncccc2CN)CC1. The van der Waals surface area contributed by atoms with Crippen LogP contribution in [0.15, 0.2) is 18.3 Å². The van der Waals surface area contributed by atoms with Crippen molar-refractivity contribution < 1.29 is 0 Å². The lowest BCUT2D eigenvalue weighted by atomic mass is 9.96. The van der Waals surface area contributed by atoms with Gasteiger partial charge in [-0.15, -0.1) is 0 Å². The van der Waals surface area contributed by atoms with Gasteiger partial charge in [-0.1, -0.05) is 25.8 Å². The summed E-state index contributed by atoms with van der Waals surface area (Å²) < 4.78 is 0. The minimum absolute atomic E-state index is 0.581. The summed E-state index contributed by atoms with van der Waals surface area (Å²) in [7, 11) is 0. The molecule has 2 heterocycles. The Labute approximate surface area is 110 Å². The molecule has 0 saturated carbocycles. The second-order valence-electron chi connectivity index (χ2n) is 5.26. The van der Waals surface area contributed by atoms with E-state index >= 15 is 0 Å². The van der Waals surface area contributed by atoms with Crippen LogP contribution < -0.4 is 10.6 Å². The fourth-order valence-corrected chi connectivity index (χ4v) is 2.95. The summed E-state index contributed by atoms with van der Waals surface area (Å²) in [6.45, 7) is 5.13. The van der Waals surface area contributed by atoms with Gasteiger partial charge in [-0.2, -0.15) is 0 Å². The molecule has 1 aromatic heterocycles. The first-order chi connectivity index (χ1) is 8.85. The van der Waals surface area contributed by atoms with Gasteiger partial charge in [-0.25, -0.2) is 4.98 Å². The largest absolute Gasteiger partial charge is 0.356 e. The lowest BCUT2D eigenvalue weighted by Gasteiger charge is -2.23. The maximum atomic E-state index is 5.80. The van der Waals surface area contributed by atoms with Crippen molar-refractivity contribution in [1.82, 2.24) is 4.98 Å². The summed E-state index contributed by atoms with van der Waals surface area (Å²) in [5.41, 5.74) is 6.98. The third-order valence-corrected chi connectivity index (χ3v) is 3.93. The van der Waals surface area contributed by atoms with Gasteiger partial charge >= 0.3 is 0 Å². The minimum atomic E-state index is 0.581. The summed E-state index contributed by atoms with van der Waals surface area (Å²) in [6, 6.07) is 4.07. The number of anilines is 1. The smallest absolute Gasteiger partial charge is 0.132 e. The van der Waals surface area contributed by atoms with Crippen molar-refractivity contribution in [3.63, 3.8) is 0 Å². The Balaban J connectivity index is 2.05. The summed E-state index contributed by atoms with van der Waals surface area (Å²) >= 11 is 0. The zero-order valence-corrected chi connectivity index (χ0v) is 11.4. The van der Waals surface area contributed by atoms with Gasteiger partial charge in [0.15, 0.2) is 0 Å². The van der Waals surface area contributed by atoms with E-state index in [0.717, 1.165) is 24.8 Å². The summed E-state index contributed by atoms with van der Waals surface area (Å²) in [6.07, 6.45) is 8.51. The van der Waals surface area contributed by atoms with Crippen molar-refractivity contribution in [1.29, 1.82) is 0 Å². The van der Waals surface area contributed by atoms with Crippen LogP contribution in [-0.4, -0.2) is 18.1 Å². The van der Waals surface area contributed by atoms with Crippen LogP contribution in [0.25, 0.3) is 0 Å². The first-order valence-electron chi connectivity index (χ1n) is 7.24. The van der Waals surface area contributed by atoms with Gasteiger partial charge in [0, 0.05) is 31.4 Å². The van der Waals surface area contributed by atoms with Crippen molar-refractivity contribution >= 4 is 5.82 Å². The van der Waals surface area contributed by atoms with Crippen LogP contribution in [0.2, 0.25) is 0 Å². The van der Waals surface area contributed by atoms with E-state index < -0.39 is 0 Å². The maximum absolute atomic E-state index is 5.80. The number of rotatable bonds is 4. The molecule has 1 unspecified atom stereocenters. The molecule has 1 saturated heterocycles. The molecule has 1 aliphatic heterocycles. The normalized spacial score (nSPS) is 20.8. The number of pyridine rings is 1. The summed E-state index contributed by atoms with van der Waals surface area (Å²) in [5.74, 6) is 2.02.